The van der Waals surface area contributed by atoms with E-state index in [9.17, 15) is 9.59 Å². The molecular formula is C28H33NO6. The maximum Gasteiger partial charge on any atom is 0.290 e. The number of aryl methyl sites for hydroxylation is 2. The van der Waals surface area contributed by atoms with E-state index >= 15 is 0 Å². The smallest absolute Gasteiger partial charge is 0.290 e. The number of ether oxygens (including phenoxy) is 3. The molecule has 3 aromatic rings. The van der Waals surface area contributed by atoms with Gasteiger partial charge in [-0.05, 0) is 67.1 Å². The summed E-state index contributed by atoms with van der Waals surface area (Å²) in [4.78, 5) is 28.8. The van der Waals surface area contributed by atoms with Crippen molar-refractivity contribution in [2.75, 3.05) is 34.0 Å². The molecule has 0 bridgehead atoms. The molecule has 2 heterocycles. The van der Waals surface area contributed by atoms with Gasteiger partial charge in [-0.3, -0.25) is 9.59 Å². The fraction of sp³-hybridized carbons (Fsp3) is 0.429. The standard InChI is InChI=1S/C28H33NO6/c1-16(2)9-11-34-21-8-7-19(15-23(21)33-6)25-24-26(30)20-13-17(3)18(4)14-22(20)35-27(24)28(31)29(25)10-12-32-5/h7-8,13-16,25H,9-12H2,1-6H3. The van der Waals surface area contributed by atoms with Crippen LogP contribution in [-0.2, 0) is 4.74 Å². The van der Waals surface area contributed by atoms with Crippen molar-refractivity contribution in [3.05, 3.63) is 68.6 Å². The number of carbonyl (C=O) groups excluding carboxylic acids is 1. The highest BCUT2D eigenvalue weighted by Gasteiger charge is 2.42. The zero-order valence-corrected chi connectivity index (χ0v) is 21.3. The number of fused-ring (bicyclic) bond motifs is 2. The van der Waals surface area contributed by atoms with Crippen LogP contribution < -0.4 is 14.9 Å². The van der Waals surface area contributed by atoms with Crippen molar-refractivity contribution < 1.29 is 23.4 Å². The lowest BCUT2D eigenvalue weighted by Gasteiger charge is -2.25. The molecule has 1 atom stereocenters. The van der Waals surface area contributed by atoms with E-state index < -0.39 is 6.04 Å². The average molecular weight is 480 g/mol. The number of rotatable bonds is 9. The molecule has 186 valence electrons. The van der Waals surface area contributed by atoms with Crippen LogP contribution in [0.5, 0.6) is 11.5 Å². The number of nitrogens with zero attached hydrogens (tertiary/aromatic N) is 1. The molecule has 2 aromatic carbocycles. The van der Waals surface area contributed by atoms with Crippen molar-refractivity contribution in [2.45, 2.75) is 40.2 Å². The normalized spacial score (nSPS) is 15.2. The zero-order chi connectivity index (χ0) is 25.3. The van der Waals surface area contributed by atoms with E-state index in [0.717, 1.165) is 23.1 Å². The van der Waals surface area contributed by atoms with Gasteiger partial charge in [-0.25, -0.2) is 0 Å². The monoisotopic (exact) mass is 479 g/mol. The lowest BCUT2D eigenvalue weighted by molar-refractivity contribution is 0.0663. The number of methoxy groups -OCH3 is 2. The number of benzene rings is 2. The van der Waals surface area contributed by atoms with Gasteiger partial charge in [-0.1, -0.05) is 19.9 Å². The summed E-state index contributed by atoms with van der Waals surface area (Å²) in [6.45, 7) is 9.41. The number of hydrogen-bond donors (Lipinski definition) is 0. The van der Waals surface area contributed by atoms with Crippen LogP contribution in [0.3, 0.4) is 0 Å². The molecule has 0 saturated carbocycles. The summed E-state index contributed by atoms with van der Waals surface area (Å²) in [5.74, 6) is 1.47. The first-order valence-electron chi connectivity index (χ1n) is 11.9. The Labute approximate surface area is 205 Å². The van der Waals surface area contributed by atoms with E-state index in [1.54, 1.807) is 19.1 Å². The fourth-order valence-corrected chi connectivity index (χ4v) is 4.42. The van der Waals surface area contributed by atoms with E-state index in [1.165, 1.54) is 0 Å². The second-order valence-electron chi connectivity index (χ2n) is 9.44. The van der Waals surface area contributed by atoms with Crippen molar-refractivity contribution in [2.24, 2.45) is 5.92 Å². The Morgan fingerprint density at radius 3 is 2.43 bits per heavy atom. The van der Waals surface area contributed by atoms with Gasteiger partial charge >= 0.3 is 0 Å². The van der Waals surface area contributed by atoms with Crippen LogP contribution in [0.2, 0.25) is 0 Å². The minimum Gasteiger partial charge on any atom is -0.493 e. The molecule has 1 amide bonds. The summed E-state index contributed by atoms with van der Waals surface area (Å²) in [5, 5.41) is 0.471. The van der Waals surface area contributed by atoms with Gasteiger partial charge in [-0.15, -0.1) is 0 Å². The van der Waals surface area contributed by atoms with Crippen LogP contribution in [-0.4, -0.2) is 44.8 Å². The number of carbonyl (C=O) groups is 1. The van der Waals surface area contributed by atoms with E-state index in [2.05, 4.69) is 13.8 Å². The van der Waals surface area contributed by atoms with E-state index in [0.29, 0.717) is 53.7 Å². The molecule has 4 rings (SSSR count). The van der Waals surface area contributed by atoms with Gasteiger partial charge in [0.05, 0.1) is 37.3 Å². The Hall–Kier alpha value is -3.32. The summed E-state index contributed by atoms with van der Waals surface area (Å²) in [6.07, 6.45) is 0.924. The minimum absolute atomic E-state index is 0.0862. The Morgan fingerprint density at radius 1 is 1.00 bits per heavy atom. The highest BCUT2D eigenvalue weighted by atomic mass is 16.5. The molecule has 0 fully saturated rings. The van der Waals surface area contributed by atoms with E-state index in [4.69, 9.17) is 18.6 Å². The van der Waals surface area contributed by atoms with Crippen LogP contribution in [0.15, 0.2) is 39.5 Å². The van der Waals surface area contributed by atoms with Crippen molar-refractivity contribution in [3.8, 4) is 11.5 Å². The molecule has 0 saturated heterocycles. The molecule has 7 nitrogen and oxygen atoms in total. The van der Waals surface area contributed by atoms with Gasteiger partial charge in [0.2, 0.25) is 5.76 Å². The lowest BCUT2D eigenvalue weighted by Crippen LogP contribution is -2.32. The number of amides is 1. The average Bonchev–Trinajstić information content (AvgIpc) is 3.10. The van der Waals surface area contributed by atoms with E-state index in [1.807, 2.05) is 44.2 Å². The molecule has 1 aliphatic heterocycles. The summed E-state index contributed by atoms with van der Waals surface area (Å²) in [6, 6.07) is 8.59. The van der Waals surface area contributed by atoms with Crippen molar-refractivity contribution in [3.63, 3.8) is 0 Å². The van der Waals surface area contributed by atoms with Crippen LogP contribution in [0.4, 0.5) is 0 Å². The molecule has 1 unspecified atom stereocenters. The predicted octanol–water partition coefficient (Wildman–Crippen LogP) is 5.03. The van der Waals surface area contributed by atoms with Crippen LogP contribution in [0.1, 0.15) is 59.1 Å². The highest BCUT2D eigenvalue weighted by molar-refractivity contribution is 5.99. The zero-order valence-electron chi connectivity index (χ0n) is 21.3. The van der Waals surface area contributed by atoms with Crippen molar-refractivity contribution in [1.29, 1.82) is 0 Å². The Kier molecular flexibility index (Phi) is 7.17. The maximum absolute atomic E-state index is 13.7. The quantitative estimate of drug-likeness (QED) is 0.428. The molecule has 1 aliphatic rings. The topological polar surface area (TPSA) is 78.2 Å². The third kappa shape index (κ3) is 4.65. The first-order chi connectivity index (χ1) is 16.8. The third-order valence-electron chi connectivity index (χ3n) is 6.57. The summed E-state index contributed by atoms with van der Waals surface area (Å²) in [5.41, 5.74) is 3.31. The second-order valence-corrected chi connectivity index (χ2v) is 9.44. The minimum atomic E-state index is -0.617. The van der Waals surface area contributed by atoms with Crippen LogP contribution >= 0.6 is 0 Å². The molecule has 0 N–H and O–H groups in total. The Balaban J connectivity index is 1.84. The summed E-state index contributed by atoms with van der Waals surface area (Å²) < 4.78 is 22.9. The first-order valence-corrected chi connectivity index (χ1v) is 11.9. The summed E-state index contributed by atoms with van der Waals surface area (Å²) >= 11 is 0. The molecular weight excluding hydrogens is 446 g/mol. The van der Waals surface area contributed by atoms with Crippen LogP contribution in [0, 0.1) is 19.8 Å². The van der Waals surface area contributed by atoms with Crippen molar-refractivity contribution >= 4 is 16.9 Å². The van der Waals surface area contributed by atoms with Gasteiger partial charge in [0.25, 0.3) is 5.91 Å². The third-order valence-corrected chi connectivity index (χ3v) is 6.57. The van der Waals surface area contributed by atoms with Crippen LogP contribution in [0.25, 0.3) is 11.0 Å². The SMILES string of the molecule is COCCN1C(=O)c2oc3cc(C)c(C)cc3c(=O)c2C1c1ccc(OCCC(C)C)c(OC)c1. The molecule has 0 aliphatic carbocycles. The summed E-state index contributed by atoms with van der Waals surface area (Å²) in [7, 11) is 3.16. The van der Waals surface area contributed by atoms with Gasteiger partial charge < -0.3 is 23.5 Å². The second kappa shape index (κ2) is 10.1. The van der Waals surface area contributed by atoms with Gasteiger partial charge in [-0.2, -0.15) is 0 Å². The molecule has 0 spiro atoms. The van der Waals surface area contributed by atoms with Crippen molar-refractivity contribution in [1.82, 2.24) is 4.90 Å². The molecule has 0 radical (unpaired) electrons. The first kappa shape index (κ1) is 24.8. The number of hydrogen-bond acceptors (Lipinski definition) is 6. The molecule has 7 heteroatoms. The Morgan fingerprint density at radius 2 is 1.74 bits per heavy atom. The Bertz CT molecular complexity index is 1310. The van der Waals surface area contributed by atoms with Gasteiger partial charge in [0, 0.05) is 13.7 Å². The highest BCUT2D eigenvalue weighted by Crippen LogP contribution is 2.41. The largest absolute Gasteiger partial charge is 0.493 e. The predicted molar refractivity (Wildman–Crippen MR) is 135 cm³/mol. The fourth-order valence-electron chi connectivity index (χ4n) is 4.42. The molecule has 35 heavy (non-hydrogen) atoms. The lowest BCUT2D eigenvalue weighted by atomic mass is 9.97. The molecule has 1 aromatic heterocycles. The van der Waals surface area contributed by atoms with Gasteiger partial charge in [0.1, 0.15) is 5.58 Å². The maximum atomic E-state index is 13.7. The van der Waals surface area contributed by atoms with E-state index in [-0.39, 0.29) is 17.1 Å². The van der Waals surface area contributed by atoms with Gasteiger partial charge in [0.15, 0.2) is 16.9 Å².